The van der Waals surface area contributed by atoms with Gasteiger partial charge >= 0.3 is 0 Å². The molecule has 14 heavy (non-hydrogen) atoms. The molecule has 1 aliphatic heterocycles. The van der Waals surface area contributed by atoms with E-state index in [0.717, 1.165) is 39.0 Å². The molecule has 0 spiro atoms. The molecule has 0 aliphatic carbocycles. The van der Waals surface area contributed by atoms with E-state index in [1.54, 1.807) is 0 Å². The van der Waals surface area contributed by atoms with Gasteiger partial charge in [-0.25, -0.2) is 0 Å². The van der Waals surface area contributed by atoms with Gasteiger partial charge in [-0.1, -0.05) is 6.92 Å². The number of aliphatic hydroxyl groups is 1. The van der Waals surface area contributed by atoms with Crippen LogP contribution in [0.4, 0.5) is 0 Å². The Hall–Kier alpha value is -0.120. The van der Waals surface area contributed by atoms with Gasteiger partial charge in [0, 0.05) is 25.8 Å². The molecule has 2 N–H and O–H groups in total. The molecule has 0 saturated carbocycles. The van der Waals surface area contributed by atoms with E-state index in [-0.39, 0.29) is 6.10 Å². The van der Waals surface area contributed by atoms with Gasteiger partial charge in [0.05, 0.1) is 6.10 Å². The molecular formula is C11H23NO2. The predicted molar refractivity (Wildman–Crippen MR) is 57.3 cm³/mol. The van der Waals surface area contributed by atoms with Gasteiger partial charge in [-0.3, -0.25) is 0 Å². The number of nitrogens with one attached hydrogen (secondary N) is 1. The normalized spacial score (nSPS) is 23.4. The fourth-order valence-corrected chi connectivity index (χ4v) is 1.73. The topological polar surface area (TPSA) is 41.5 Å². The molecule has 0 aromatic heterocycles. The van der Waals surface area contributed by atoms with Crippen molar-refractivity contribution in [2.75, 3.05) is 19.8 Å². The van der Waals surface area contributed by atoms with Crippen LogP contribution in [-0.2, 0) is 4.74 Å². The summed E-state index contributed by atoms with van der Waals surface area (Å²) >= 11 is 0. The van der Waals surface area contributed by atoms with Gasteiger partial charge in [0.15, 0.2) is 0 Å². The minimum absolute atomic E-state index is 0.201. The summed E-state index contributed by atoms with van der Waals surface area (Å²) in [5, 5.41) is 13.2. The lowest BCUT2D eigenvalue weighted by Gasteiger charge is -2.27. The summed E-state index contributed by atoms with van der Waals surface area (Å²) in [6.07, 6.45) is 2.92. The summed E-state index contributed by atoms with van der Waals surface area (Å²) in [6.45, 7) is 6.64. The number of hydrogen-bond acceptors (Lipinski definition) is 3. The van der Waals surface area contributed by atoms with Gasteiger partial charge in [-0.05, 0) is 32.1 Å². The fourth-order valence-electron chi connectivity index (χ4n) is 1.73. The first-order valence-corrected chi connectivity index (χ1v) is 5.73. The maximum atomic E-state index is 9.90. The molecule has 1 fully saturated rings. The quantitative estimate of drug-likeness (QED) is 0.701. The Morgan fingerprint density at radius 1 is 1.43 bits per heavy atom. The third-order valence-corrected chi connectivity index (χ3v) is 3.10. The maximum absolute atomic E-state index is 9.90. The second kappa shape index (κ2) is 6.38. The summed E-state index contributed by atoms with van der Waals surface area (Å²) in [5.74, 6) is 0.431. The minimum atomic E-state index is -0.201. The van der Waals surface area contributed by atoms with Gasteiger partial charge in [-0.2, -0.15) is 0 Å². The van der Waals surface area contributed by atoms with E-state index in [9.17, 15) is 5.11 Å². The van der Waals surface area contributed by atoms with Gasteiger partial charge in [0.25, 0.3) is 0 Å². The minimum Gasteiger partial charge on any atom is -0.392 e. The number of ether oxygens (including phenoxy) is 1. The Labute approximate surface area is 86.8 Å². The molecule has 0 bridgehead atoms. The van der Waals surface area contributed by atoms with Crippen molar-refractivity contribution in [3.8, 4) is 0 Å². The maximum Gasteiger partial charge on any atom is 0.0694 e. The van der Waals surface area contributed by atoms with Crippen molar-refractivity contribution >= 4 is 0 Å². The predicted octanol–water partition coefficient (Wildman–Crippen LogP) is 1.16. The number of rotatable bonds is 5. The lowest BCUT2D eigenvalue weighted by atomic mass is 9.94. The van der Waals surface area contributed by atoms with E-state index >= 15 is 0 Å². The molecule has 84 valence electrons. The molecule has 0 radical (unpaired) electrons. The second-order valence-corrected chi connectivity index (χ2v) is 4.23. The van der Waals surface area contributed by atoms with Crippen molar-refractivity contribution in [3.05, 3.63) is 0 Å². The Morgan fingerprint density at radius 2 is 2.07 bits per heavy atom. The van der Waals surface area contributed by atoms with Gasteiger partial charge in [0.2, 0.25) is 0 Å². The Balaban J connectivity index is 2.16. The Bertz CT molecular complexity index is 146. The monoisotopic (exact) mass is 201 g/mol. The second-order valence-electron chi connectivity index (χ2n) is 4.23. The Morgan fingerprint density at radius 3 is 2.64 bits per heavy atom. The van der Waals surface area contributed by atoms with E-state index in [1.165, 1.54) is 0 Å². The van der Waals surface area contributed by atoms with Crippen molar-refractivity contribution in [1.82, 2.24) is 5.32 Å². The number of hydrogen-bond donors (Lipinski definition) is 2. The molecule has 1 aliphatic rings. The highest BCUT2D eigenvalue weighted by Gasteiger charge is 2.21. The van der Waals surface area contributed by atoms with E-state index in [0.29, 0.717) is 12.0 Å². The lowest BCUT2D eigenvalue weighted by Crippen LogP contribution is -2.39. The molecule has 3 heteroatoms. The molecule has 2 unspecified atom stereocenters. The first kappa shape index (κ1) is 12.0. The molecule has 0 amide bonds. The average molecular weight is 201 g/mol. The molecule has 0 aromatic carbocycles. The molecule has 0 aromatic rings. The molecule has 1 heterocycles. The van der Waals surface area contributed by atoms with E-state index < -0.39 is 0 Å². The standard InChI is InChI=1S/C11H23NO2/c1-3-9(2)12-8-11(13)10-4-6-14-7-5-10/h9-13H,3-8H2,1-2H3. The molecular weight excluding hydrogens is 178 g/mol. The highest BCUT2D eigenvalue weighted by molar-refractivity contribution is 4.74. The first-order chi connectivity index (χ1) is 6.74. The molecule has 2 atom stereocenters. The zero-order chi connectivity index (χ0) is 10.4. The van der Waals surface area contributed by atoms with Crippen molar-refractivity contribution in [2.45, 2.75) is 45.3 Å². The van der Waals surface area contributed by atoms with E-state index in [4.69, 9.17) is 4.74 Å². The molecule has 1 saturated heterocycles. The van der Waals surface area contributed by atoms with Crippen LogP contribution in [-0.4, -0.2) is 37.0 Å². The van der Waals surface area contributed by atoms with Crippen molar-refractivity contribution in [3.63, 3.8) is 0 Å². The summed E-state index contributed by atoms with van der Waals surface area (Å²) in [4.78, 5) is 0. The van der Waals surface area contributed by atoms with Crippen LogP contribution in [0.5, 0.6) is 0 Å². The van der Waals surface area contributed by atoms with Gasteiger partial charge in [0.1, 0.15) is 0 Å². The highest BCUT2D eigenvalue weighted by atomic mass is 16.5. The fraction of sp³-hybridized carbons (Fsp3) is 1.00. The highest BCUT2D eigenvalue weighted by Crippen LogP contribution is 2.18. The van der Waals surface area contributed by atoms with Gasteiger partial charge in [-0.15, -0.1) is 0 Å². The van der Waals surface area contributed by atoms with E-state index in [2.05, 4.69) is 19.2 Å². The largest absolute Gasteiger partial charge is 0.392 e. The third-order valence-electron chi connectivity index (χ3n) is 3.10. The van der Waals surface area contributed by atoms with E-state index in [1.807, 2.05) is 0 Å². The zero-order valence-electron chi connectivity index (χ0n) is 9.33. The third kappa shape index (κ3) is 3.95. The number of aliphatic hydroxyl groups excluding tert-OH is 1. The summed E-state index contributed by atoms with van der Waals surface area (Å²) in [5.41, 5.74) is 0. The smallest absolute Gasteiger partial charge is 0.0694 e. The van der Waals surface area contributed by atoms with Crippen LogP contribution < -0.4 is 5.32 Å². The molecule has 1 rings (SSSR count). The Kier molecular flexibility index (Phi) is 5.45. The average Bonchev–Trinajstić information content (AvgIpc) is 2.26. The summed E-state index contributed by atoms with van der Waals surface area (Å²) < 4.78 is 5.27. The first-order valence-electron chi connectivity index (χ1n) is 5.73. The van der Waals surface area contributed by atoms with Crippen LogP contribution >= 0.6 is 0 Å². The van der Waals surface area contributed by atoms with Crippen molar-refractivity contribution in [1.29, 1.82) is 0 Å². The van der Waals surface area contributed by atoms with Crippen molar-refractivity contribution in [2.24, 2.45) is 5.92 Å². The van der Waals surface area contributed by atoms with Crippen molar-refractivity contribution < 1.29 is 9.84 Å². The van der Waals surface area contributed by atoms with Crippen LogP contribution in [0.2, 0.25) is 0 Å². The summed E-state index contributed by atoms with van der Waals surface area (Å²) in [7, 11) is 0. The van der Waals surface area contributed by atoms with Crippen LogP contribution in [0.1, 0.15) is 33.1 Å². The van der Waals surface area contributed by atoms with Crippen LogP contribution in [0.3, 0.4) is 0 Å². The lowest BCUT2D eigenvalue weighted by molar-refractivity contribution is 0.00777. The van der Waals surface area contributed by atoms with Gasteiger partial charge < -0.3 is 15.2 Å². The SMILES string of the molecule is CCC(C)NCC(O)C1CCOCC1. The molecule has 3 nitrogen and oxygen atoms in total. The van der Waals surface area contributed by atoms with Crippen LogP contribution in [0, 0.1) is 5.92 Å². The summed E-state index contributed by atoms with van der Waals surface area (Å²) in [6, 6.07) is 0.504. The van der Waals surface area contributed by atoms with Crippen LogP contribution in [0.15, 0.2) is 0 Å². The van der Waals surface area contributed by atoms with Crippen LogP contribution in [0.25, 0.3) is 0 Å². The zero-order valence-corrected chi connectivity index (χ0v) is 9.33.